The van der Waals surface area contributed by atoms with Crippen molar-refractivity contribution in [3.63, 3.8) is 0 Å². The van der Waals surface area contributed by atoms with E-state index < -0.39 is 0 Å². The summed E-state index contributed by atoms with van der Waals surface area (Å²) in [5, 5.41) is 5.03. The van der Waals surface area contributed by atoms with Gasteiger partial charge >= 0.3 is 0 Å². The van der Waals surface area contributed by atoms with Crippen molar-refractivity contribution in [2.24, 2.45) is 0 Å². The third-order valence-electron chi connectivity index (χ3n) is 4.00. The molecular formula is C20H12Br2. The molecular weight excluding hydrogens is 400 g/mol. The predicted molar refractivity (Wildman–Crippen MR) is 102 cm³/mol. The maximum atomic E-state index is 3.78. The molecule has 0 nitrogen and oxygen atoms in total. The maximum absolute atomic E-state index is 3.78. The van der Waals surface area contributed by atoms with E-state index >= 15 is 0 Å². The highest BCUT2D eigenvalue weighted by Crippen LogP contribution is 2.42. The second-order valence-electron chi connectivity index (χ2n) is 5.30. The van der Waals surface area contributed by atoms with E-state index in [9.17, 15) is 0 Å². The highest BCUT2D eigenvalue weighted by atomic mass is 79.9. The SMILES string of the molecule is Brc1cc2ccccc2c(-c2cccc3ccccc23)c1Br. The molecule has 0 aliphatic rings. The molecule has 0 aliphatic carbocycles. The predicted octanol–water partition coefficient (Wildman–Crippen LogP) is 7.19. The summed E-state index contributed by atoms with van der Waals surface area (Å²) >= 11 is 7.46. The molecule has 4 aromatic rings. The van der Waals surface area contributed by atoms with Crippen LogP contribution in [-0.4, -0.2) is 0 Å². The van der Waals surface area contributed by atoms with E-state index in [0.29, 0.717) is 0 Å². The fourth-order valence-electron chi connectivity index (χ4n) is 2.99. The Labute approximate surface area is 146 Å². The summed E-state index contributed by atoms with van der Waals surface area (Å²) in [5.41, 5.74) is 2.49. The smallest absolute Gasteiger partial charge is 0.0402 e. The van der Waals surface area contributed by atoms with Gasteiger partial charge in [-0.15, -0.1) is 0 Å². The second-order valence-corrected chi connectivity index (χ2v) is 6.94. The van der Waals surface area contributed by atoms with E-state index in [2.05, 4.69) is 105 Å². The Morgan fingerprint density at radius 1 is 0.591 bits per heavy atom. The van der Waals surface area contributed by atoms with Gasteiger partial charge in [-0.1, -0.05) is 66.7 Å². The number of hydrogen-bond acceptors (Lipinski definition) is 0. The van der Waals surface area contributed by atoms with Crippen LogP contribution < -0.4 is 0 Å². The molecule has 0 atom stereocenters. The molecule has 0 heterocycles. The normalized spacial score (nSPS) is 11.2. The average molecular weight is 412 g/mol. The Morgan fingerprint density at radius 2 is 1.23 bits per heavy atom. The van der Waals surface area contributed by atoms with Crippen molar-refractivity contribution in [3.8, 4) is 11.1 Å². The van der Waals surface area contributed by atoms with Gasteiger partial charge in [-0.2, -0.15) is 0 Å². The fourth-order valence-corrected chi connectivity index (χ4v) is 3.98. The molecule has 0 amide bonds. The molecule has 0 unspecified atom stereocenters. The number of rotatable bonds is 1. The average Bonchev–Trinajstić information content (AvgIpc) is 2.56. The van der Waals surface area contributed by atoms with Gasteiger partial charge in [0.1, 0.15) is 0 Å². The lowest BCUT2D eigenvalue weighted by atomic mass is 9.94. The molecule has 0 fully saturated rings. The standard InChI is InChI=1S/C20H12Br2/c21-18-12-14-7-2-4-10-16(14)19(20(18)22)17-11-5-8-13-6-1-3-9-15(13)17/h1-12H. The molecule has 0 aliphatic heterocycles. The van der Waals surface area contributed by atoms with Crippen molar-refractivity contribution in [1.29, 1.82) is 0 Å². The lowest BCUT2D eigenvalue weighted by molar-refractivity contribution is 1.61. The summed E-state index contributed by atoms with van der Waals surface area (Å²) in [6.07, 6.45) is 0. The van der Waals surface area contributed by atoms with Crippen molar-refractivity contribution in [2.75, 3.05) is 0 Å². The van der Waals surface area contributed by atoms with Crippen LogP contribution in [0.3, 0.4) is 0 Å². The van der Waals surface area contributed by atoms with Crippen LogP contribution in [0, 0.1) is 0 Å². The molecule has 22 heavy (non-hydrogen) atoms. The minimum Gasteiger partial charge on any atom is -0.0616 e. The Hall–Kier alpha value is -1.64. The zero-order valence-corrected chi connectivity index (χ0v) is 14.9. The Balaban J connectivity index is 2.19. The summed E-state index contributed by atoms with van der Waals surface area (Å²) < 4.78 is 2.18. The Kier molecular flexibility index (Phi) is 3.51. The van der Waals surface area contributed by atoms with Crippen molar-refractivity contribution in [2.45, 2.75) is 0 Å². The number of hydrogen-bond donors (Lipinski definition) is 0. The van der Waals surface area contributed by atoms with Gasteiger partial charge in [-0.05, 0) is 65.0 Å². The summed E-state index contributed by atoms with van der Waals surface area (Å²) in [4.78, 5) is 0. The molecule has 0 saturated carbocycles. The van der Waals surface area contributed by atoms with Gasteiger partial charge in [0, 0.05) is 14.5 Å². The molecule has 0 aromatic heterocycles. The third kappa shape index (κ3) is 2.18. The van der Waals surface area contributed by atoms with E-state index in [1.165, 1.54) is 32.7 Å². The van der Waals surface area contributed by atoms with Gasteiger partial charge in [0.2, 0.25) is 0 Å². The van der Waals surface area contributed by atoms with Gasteiger partial charge in [0.05, 0.1) is 0 Å². The summed E-state index contributed by atoms with van der Waals surface area (Å²) in [7, 11) is 0. The van der Waals surface area contributed by atoms with E-state index in [-0.39, 0.29) is 0 Å². The first kappa shape index (κ1) is 14.0. The Morgan fingerprint density at radius 3 is 2.05 bits per heavy atom. The highest BCUT2D eigenvalue weighted by molar-refractivity contribution is 9.13. The summed E-state index contributed by atoms with van der Waals surface area (Å²) in [6.45, 7) is 0. The van der Waals surface area contributed by atoms with Gasteiger partial charge in [-0.3, -0.25) is 0 Å². The van der Waals surface area contributed by atoms with Crippen molar-refractivity contribution in [3.05, 3.63) is 81.7 Å². The molecule has 0 N–H and O–H groups in total. The number of fused-ring (bicyclic) bond motifs is 2. The second kappa shape index (κ2) is 5.53. The molecule has 0 radical (unpaired) electrons. The quantitative estimate of drug-likeness (QED) is 0.311. The number of halogens is 2. The van der Waals surface area contributed by atoms with E-state index in [1.807, 2.05) is 0 Å². The summed E-state index contributed by atoms with van der Waals surface area (Å²) in [5.74, 6) is 0. The topological polar surface area (TPSA) is 0 Å². The maximum Gasteiger partial charge on any atom is 0.0402 e. The van der Waals surface area contributed by atoms with Crippen LogP contribution in [0.25, 0.3) is 32.7 Å². The molecule has 0 bridgehead atoms. The van der Waals surface area contributed by atoms with Crippen LogP contribution in [-0.2, 0) is 0 Å². The van der Waals surface area contributed by atoms with Gasteiger partial charge in [-0.25, -0.2) is 0 Å². The zero-order chi connectivity index (χ0) is 15.1. The molecule has 0 spiro atoms. The lowest BCUT2D eigenvalue weighted by Crippen LogP contribution is -1.87. The zero-order valence-electron chi connectivity index (χ0n) is 11.7. The van der Waals surface area contributed by atoms with Crippen LogP contribution in [0.5, 0.6) is 0 Å². The molecule has 4 rings (SSSR count). The highest BCUT2D eigenvalue weighted by Gasteiger charge is 2.13. The molecule has 2 heteroatoms. The van der Waals surface area contributed by atoms with Crippen LogP contribution in [0.2, 0.25) is 0 Å². The van der Waals surface area contributed by atoms with E-state index in [4.69, 9.17) is 0 Å². The molecule has 4 aromatic carbocycles. The lowest BCUT2D eigenvalue weighted by Gasteiger charge is -2.14. The minimum absolute atomic E-state index is 1.08. The van der Waals surface area contributed by atoms with E-state index in [0.717, 1.165) is 8.95 Å². The van der Waals surface area contributed by atoms with Gasteiger partial charge in [0.25, 0.3) is 0 Å². The third-order valence-corrected chi connectivity index (χ3v) is 5.98. The van der Waals surface area contributed by atoms with Crippen molar-refractivity contribution in [1.82, 2.24) is 0 Å². The number of benzene rings is 4. The summed E-state index contributed by atoms with van der Waals surface area (Å²) in [6, 6.07) is 25.7. The monoisotopic (exact) mass is 410 g/mol. The van der Waals surface area contributed by atoms with E-state index in [1.54, 1.807) is 0 Å². The first-order valence-electron chi connectivity index (χ1n) is 7.10. The van der Waals surface area contributed by atoms with Crippen LogP contribution in [0.4, 0.5) is 0 Å². The van der Waals surface area contributed by atoms with Crippen LogP contribution in [0.15, 0.2) is 81.7 Å². The van der Waals surface area contributed by atoms with Crippen molar-refractivity contribution < 1.29 is 0 Å². The largest absolute Gasteiger partial charge is 0.0616 e. The van der Waals surface area contributed by atoms with Crippen LogP contribution >= 0.6 is 31.9 Å². The van der Waals surface area contributed by atoms with Gasteiger partial charge in [0.15, 0.2) is 0 Å². The fraction of sp³-hybridized carbons (Fsp3) is 0. The first-order valence-corrected chi connectivity index (χ1v) is 8.69. The van der Waals surface area contributed by atoms with Crippen LogP contribution in [0.1, 0.15) is 0 Å². The minimum atomic E-state index is 1.08. The molecule has 0 saturated heterocycles. The first-order chi connectivity index (χ1) is 10.8. The molecule has 106 valence electrons. The van der Waals surface area contributed by atoms with Crippen molar-refractivity contribution >= 4 is 53.4 Å². The van der Waals surface area contributed by atoms with Gasteiger partial charge < -0.3 is 0 Å². The Bertz CT molecular complexity index is 998.